The minimum Gasteiger partial charge on any atom is -0.196 e. The van der Waals surface area contributed by atoms with E-state index in [1.165, 1.54) is 0 Å². The molecule has 2 rings (SSSR count). The van der Waals surface area contributed by atoms with Crippen LogP contribution in [0.1, 0.15) is 25.6 Å². The smallest absolute Gasteiger partial charge is 0.159 e. The zero-order valence-corrected chi connectivity index (χ0v) is 11.2. The summed E-state index contributed by atoms with van der Waals surface area (Å²) in [7, 11) is 0. The van der Waals surface area contributed by atoms with Gasteiger partial charge >= 0.3 is 0 Å². The van der Waals surface area contributed by atoms with Crippen LogP contribution in [0.3, 0.4) is 0 Å². The highest BCUT2D eigenvalue weighted by Crippen LogP contribution is 2.29. The molecular weight excluding hydrogens is 291 g/mol. The lowest BCUT2D eigenvalue weighted by atomic mass is 10.2. The zero-order chi connectivity index (χ0) is 11.7. The van der Waals surface area contributed by atoms with E-state index in [1.807, 2.05) is 32.0 Å². The number of halogens is 2. The molecule has 0 unspecified atom stereocenters. The minimum absolute atomic E-state index is 0.251. The van der Waals surface area contributed by atoms with Crippen molar-refractivity contribution in [2.45, 2.75) is 19.8 Å². The molecule has 1 heterocycles. The van der Waals surface area contributed by atoms with Gasteiger partial charge in [-0.25, -0.2) is 0 Å². The number of hydrogen-bond acceptors (Lipinski definition) is 3. The molecule has 0 aliphatic rings. The van der Waals surface area contributed by atoms with Crippen molar-refractivity contribution in [2.75, 3.05) is 0 Å². The lowest BCUT2D eigenvalue weighted by Gasteiger charge is -2.09. The molecule has 0 saturated carbocycles. The lowest BCUT2D eigenvalue weighted by molar-refractivity contribution is 0.708. The predicted molar refractivity (Wildman–Crippen MR) is 66.0 cm³/mol. The Morgan fingerprint density at radius 2 is 2.12 bits per heavy atom. The number of benzene rings is 1. The van der Waals surface area contributed by atoms with Crippen LogP contribution in [0.5, 0.6) is 0 Å². The molecule has 0 amide bonds. The number of rotatable bonds is 2. The topological polar surface area (TPSA) is 43.6 Å². The first kappa shape index (κ1) is 11.5. The normalized spacial score (nSPS) is 11.1. The standard InChI is InChI=1S/C10H10BrClN4/c1-6(2)10-13-14-15-16(10)8-5-3-4-7(12)9(8)11/h3-6H,1-2H3. The third-order valence-electron chi connectivity index (χ3n) is 2.17. The highest BCUT2D eigenvalue weighted by atomic mass is 79.9. The van der Waals surface area contributed by atoms with Gasteiger partial charge in [-0.05, 0) is 38.5 Å². The van der Waals surface area contributed by atoms with E-state index in [9.17, 15) is 0 Å². The van der Waals surface area contributed by atoms with Gasteiger partial charge in [-0.1, -0.05) is 31.5 Å². The number of aromatic nitrogens is 4. The van der Waals surface area contributed by atoms with Crippen LogP contribution in [-0.2, 0) is 0 Å². The Balaban J connectivity index is 2.59. The van der Waals surface area contributed by atoms with Gasteiger partial charge in [0.2, 0.25) is 0 Å². The molecule has 0 fully saturated rings. The van der Waals surface area contributed by atoms with Crippen LogP contribution in [0.4, 0.5) is 0 Å². The van der Waals surface area contributed by atoms with E-state index >= 15 is 0 Å². The van der Waals surface area contributed by atoms with Crippen LogP contribution >= 0.6 is 27.5 Å². The van der Waals surface area contributed by atoms with Crippen molar-refractivity contribution in [2.24, 2.45) is 0 Å². The molecule has 16 heavy (non-hydrogen) atoms. The van der Waals surface area contributed by atoms with E-state index in [-0.39, 0.29) is 5.92 Å². The van der Waals surface area contributed by atoms with Gasteiger partial charge in [-0.2, -0.15) is 4.68 Å². The maximum Gasteiger partial charge on any atom is 0.159 e. The molecule has 1 aromatic carbocycles. The molecule has 0 N–H and O–H groups in total. The fourth-order valence-corrected chi connectivity index (χ4v) is 1.98. The third-order valence-corrected chi connectivity index (χ3v) is 3.55. The largest absolute Gasteiger partial charge is 0.196 e. The van der Waals surface area contributed by atoms with E-state index in [2.05, 4.69) is 31.5 Å². The summed E-state index contributed by atoms with van der Waals surface area (Å²) in [4.78, 5) is 0. The van der Waals surface area contributed by atoms with Crippen LogP contribution in [-0.4, -0.2) is 20.2 Å². The Labute approximate surface area is 107 Å². The first-order valence-electron chi connectivity index (χ1n) is 4.84. The van der Waals surface area contributed by atoms with Crippen LogP contribution in [0.25, 0.3) is 5.69 Å². The van der Waals surface area contributed by atoms with Gasteiger partial charge in [0.05, 0.1) is 15.2 Å². The Morgan fingerprint density at radius 1 is 1.38 bits per heavy atom. The second-order valence-corrected chi connectivity index (χ2v) is 4.88. The summed E-state index contributed by atoms with van der Waals surface area (Å²) in [5.74, 6) is 1.06. The second-order valence-electron chi connectivity index (χ2n) is 3.68. The number of hydrogen-bond donors (Lipinski definition) is 0. The van der Waals surface area contributed by atoms with Gasteiger partial charge in [-0.15, -0.1) is 5.10 Å². The Hall–Kier alpha value is -0.940. The van der Waals surface area contributed by atoms with Crippen LogP contribution in [0.2, 0.25) is 5.02 Å². The summed E-state index contributed by atoms with van der Waals surface area (Å²) in [6.07, 6.45) is 0. The Kier molecular flexibility index (Phi) is 3.25. The van der Waals surface area contributed by atoms with Crippen molar-refractivity contribution in [1.29, 1.82) is 0 Å². The average molecular weight is 302 g/mol. The van der Waals surface area contributed by atoms with Crippen molar-refractivity contribution in [3.8, 4) is 5.69 Å². The monoisotopic (exact) mass is 300 g/mol. The highest BCUT2D eigenvalue weighted by Gasteiger charge is 2.14. The predicted octanol–water partition coefficient (Wildman–Crippen LogP) is 3.20. The van der Waals surface area contributed by atoms with Gasteiger partial charge in [0, 0.05) is 5.92 Å². The van der Waals surface area contributed by atoms with Crippen molar-refractivity contribution in [1.82, 2.24) is 20.2 Å². The average Bonchev–Trinajstić information content (AvgIpc) is 2.70. The lowest BCUT2D eigenvalue weighted by Crippen LogP contribution is -2.05. The summed E-state index contributed by atoms with van der Waals surface area (Å²) in [5, 5.41) is 12.3. The summed E-state index contributed by atoms with van der Waals surface area (Å²) < 4.78 is 2.49. The quantitative estimate of drug-likeness (QED) is 0.855. The maximum atomic E-state index is 6.03. The first-order chi connectivity index (χ1) is 7.61. The molecule has 2 aromatic rings. The summed E-state index contributed by atoms with van der Waals surface area (Å²) in [5.41, 5.74) is 0.848. The van der Waals surface area contributed by atoms with E-state index in [0.29, 0.717) is 5.02 Å². The molecular formula is C10H10BrClN4. The summed E-state index contributed by atoms with van der Waals surface area (Å²) >= 11 is 9.47. The van der Waals surface area contributed by atoms with Crippen molar-refractivity contribution in [3.63, 3.8) is 0 Å². The Bertz CT molecular complexity index is 509. The van der Waals surface area contributed by atoms with Gasteiger partial charge < -0.3 is 0 Å². The summed E-state index contributed by atoms with van der Waals surface area (Å²) in [6, 6.07) is 5.60. The molecule has 84 valence electrons. The molecule has 0 aliphatic heterocycles. The molecule has 0 radical (unpaired) electrons. The number of nitrogens with zero attached hydrogens (tertiary/aromatic N) is 4. The minimum atomic E-state index is 0.251. The maximum absolute atomic E-state index is 6.03. The van der Waals surface area contributed by atoms with Crippen LogP contribution < -0.4 is 0 Å². The van der Waals surface area contributed by atoms with Crippen molar-refractivity contribution >= 4 is 27.5 Å². The fourth-order valence-electron chi connectivity index (χ4n) is 1.38. The SMILES string of the molecule is CC(C)c1nnnn1-c1cccc(Cl)c1Br. The van der Waals surface area contributed by atoms with Crippen molar-refractivity contribution in [3.05, 3.63) is 33.5 Å². The fraction of sp³-hybridized carbons (Fsp3) is 0.300. The molecule has 1 aromatic heterocycles. The third kappa shape index (κ3) is 1.97. The molecule has 0 aliphatic carbocycles. The molecule has 0 saturated heterocycles. The van der Waals surface area contributed by atoms with E-state index in [0.717, 1.165) is 16.0 Å². The molecule has 0 spiro atoms. The van der Waals surface area contributed by atoms with Gasteiger partial charge in [0.1, 0.15) is 0 Å². The number of tetrazole rings is 1. The van der Waals surface area contributed by atoms with Gasteiger partial charge in [0.15, 0.2) is 5.82 Å². The Morgan fingerprint density at radius 3 is 2.81 bits per heavy atom. The van der Waals surface area contributed by atoms with E-state index in [4.69, 9.17) is 11.6 Å². The molecule has 0 bridgehead atoms. The van der Waals surface area contributed by atoms with E-state index < -0.39 is 0 Å². The highest BCUT2D eigenvalue weighted by molar-refractivity contribution is 9.10. The first-order valence-corrected chi connectivity index (χ1v) is 6.01. The van der Waals surface area contributed by atoms with E-state index in [1.54, 1.807) is 4.68 Å². The molecule has 6 heteroatoms. The van der Waals surface area contributed by atoms with Gasteiger partial charge in [0.25, 0.3) is 0 Å². The zero-order valence-electron chi connectivity index (χ0n) is 8.85. The van der Waals surface area contributed by atoms with Crippen LogP contribution in [0, 0.1) is 0 Å². The summed E-state index contributed by atoms with van der Waals surface area (Å²) in [6.45, 7) is 4.08. The van der Waals surface area contributed by atoms with Crippen LogP contribution in [0.15, 0.2) is 22.7 Å². The van der Waals surface area contributed by atoms with Gasteiger partial charge in [-0.3, -0.25) is 0 Å². The molecule has 4 nitrogen and oxygen atoms in total. The molecule has 0 atom stereocenters. The van der Waals surface area contributed by atoms with Crippen molar-refractivity contribution < 1.29 is 0 Å². The second kappa shape index (κ2) is 4.51.